The molecular weight excluding hydrogens is 238 g/mol. The van der Waals surface area contributed by atoms with Crippen molar-refractivity contribution in [1.82, 2.24) is 15.1 Å². The Labute approximate surface area is 113 Å². The highest BCUT2D eigenvalue weighted by Gasteiger charge is 2.23. The van der Waals surface area contributed by atoms with Crippen LogP contribution >= 0.6 is 0 Å². The van der Waals surface area contributed by atoms with Crippen molar-refractivity contribution in [2.75, 3.05) is 13.1 Å². The van der Waals surface area contributed by atoms with Crippen LogP contribution in [0.2, 0.25) is 0 Å². The first-order chi connectivity index (χ1) is 9.22. The highest BCUT2D eigenvalue weighted by Crippen LogP contribution is 2.22. The molecule has 0 radical (unpaired) electrons. The molecule has 3 rings (SSSR count). The number of aliphatic hydroxyl groups excluding tert-OH is 1. The van der Waals surface area contributed by atoms with Crippen LogP contribution in [0, 0.1) is 5.92 Å². The van der Waals surface area contributed by atoms with Gasteiger partial charge < -0.3 is 5.11 Å². The van der Waals surface area contributed by atoms with E-state index in [4.69, 9.17) is 0 Å². The number of aliphatic hydroxyl groups is 1. The van der Waals surface area contributed by atoms with Gasteiger partial charge in [0.1, 0.15) is 0 Å². The first-order valence-corrected chi connectivity index (χ1v) is 7.05. The number of H-pyrrole nitrogens is 1. The fraction of sp³-hybridized carbons (Fsp3) is 0.533. The predicted molar refractivity (Wildman–Crippen MR) is 75.8 cm³/mol. The smallest absolute Gasteiger partial charge is 0.0653 e. The van der Waals surface area contributed by atoms with Crippen molar-refractivity contribution in [3.63, 3.8) is 0 Å². The SMILES string of the molecule is C[C@@H](O)[C@@H]1CCCN(Cc2ccc3cn[nH]c3c2)C1. The Kier molecular flexibility index (Phi) is 3.53. The van der Waals surface area contributed by atoms with Gasteiger partial charge in [0.05, 0.1) is 17.8 Å². The van der Waals surface area contributed by atoms with E-state index in [1.807, 2.05) is 13.1 Å². The van der Waals surface area contributed by atoms with Gasteiger partial charge in [-0.2, -0.15) is 5.10 Å². The minimum Gasteiger partial charge on any atom is -0.393 e. The van der Waals surface area contributed by atoms with E-state index in [1.54, 1.807) is 0 Å². The molecule has 4 heteroatoms. The van der Waals surface area contributed by atoms with Gasteiger partial charge in [-0.25, -0.2) is 0 Å². The lowest BCUT2D eigenvalue weighted by molar-refractivity contribution is 0.0599. The number of likely N-dealkylation sites (tertiary alicyclic amines) is 1. The number of hydrogen-bond donors (Lipinski definition) is 2. The molecule has 0 amide bonds. The quantitative estimate of drug-likeness (QED) is 0.888. The molecular formula is C15H21N3O. The Morgan fingerprint density at radius 3 is 3.26 bits per heavy atom. The largest absolute Gasteiger partial charge is 0.393 e. The molecule has 19 heavy (non-hydrogen) atoms. The van der Waals surface area contributed by atoms with Crippen molar-refractivity contribution in [3.8, 4) is 0 Å². The lowest BCUT2D eigenvalue weighted by Crippen LogP contribution is -2.38. The van der Waals surface area contributed by atoms with E-state index in [1.165, 1.54) is 12.0 Å². The van der Waals surface area contributed by atoms with E-state index < -0.39 is 0 Å². The normalized spacial score (nSPS) is 22.7. The summed E-state index contributed by atoms with van der Waals surface area (Å²) in [6.45, 7) is 4.99. The average Bonchev–Trinajstić information content (AvgIpc) is 2.86. The Hall–Kier alpha value is -1.39. The molecule has 1 saturated heterocycles. The van der Waals surface area contributed by atoms with Gasteiger partial charge in [0.25, 0.3) is 0 Å². The molecule has 1 aliphatic rings. The van der Waals surface area contributed by atoms with Gasteiger partial charge >= 0.3 is 0 Å². The van der Waals surface area contributed by atoms with Crippen LogP contribution in [-0.4, -0.2) is 39.4 Å². The fourth-order valence-electron chi connectivity index (χ4n) is 2.97. The van der Waals surface area contributed by atoms with E-state index in [9.17, 15) is 5.11 Å². The van der Waals surface area contributed by atoms with Gasteiger partial charge in [-0.1, -0.05) is 12.1 Å². The Morgan fingerprint density at radius 2 is 2.42 bits per heavy atom. The monoisotopic (exact) mass is 259 g/mol. The van der Waals surface area contributed by atoms with Crippen molar-refractivity contribution in [3.05, 3.63) is 30.0 Å². The van der Waals surface area contributed by atoms with Crippen LogP contribution in [-0.2, 0) is 6.54 Å². The molecule has 0 aliphatic carbocycles. The van der Waals surface area contributed by atoms with E-state index in [0.717, 1.165) is 37.0 Å². The van der Waals surface area contributed by atoms with Gasteiger partial charge in [0, 0.05) is 18.5 Å². The van der Waals surface area contributed by atoms with E-state index >= 15 is 0 Å². The molecule has 0 spiro atoms. The zero-order valence-corrected chi connectivity index (χ0v) is 11.3. The minimum absolute atomic E-state index is 0.196. The molecule has 0 saturated carbocycles. The molecule has 0 unspecified atom stereocenters. The molecule has 2 heterocycles. The molecule has 4 nitrogen and oxygen atoms in total. The van der Waals surface area contributed by atoms with Gasteiger partial charge in [0.2, 0.25) is 0 Å². The Balaban J connectivity index is 1.69. The van der Waals surface area contributed by atoms with E-state index in [0.29, 0.717) is 5.92 Å². The number of piperidine rings is 1. The second-order valence-corrected chi connectivity index (χ2v) is 5.67. The van der Waals surface area contributed by atoms with Crippen molar-refractivity contribution in [2.24, 2.45) is 5.92 Å². The van der Waals surface area contributed by atoms with Crippen molar-refractivity contribution in [1.29, 1.82) is 0 Å². The van der Waals surface area contributed by atoms with E-state index in [-0.39, 0.29) is 6.10 Å². The molecule has 1 aromatic heterocycles. The van der Waals surface area contributed by atoms with E-state index in [2.05, 4.69) is 33.3 Å². The first-order valence-electron chi connectivity index (χ1n) is 7.05. The third kappa shape index (κ3) is 2.80. The number of fused-ring (bicyclic) bond motifs is 1. The molecule has 2 atom stereocenters. The Bertz CT molecular complexity index is 549. The Morgan fingerprint density at radius 1 is 1.53 bits per heavy atom. The van der Waals surface area contributed by atoms with Crippen molar-refractivity contribution >= 4 is 10.9 Å². The number of benzene rings is 1. The maximum atomic E-state index is 9.73. The third-order valence-corrected chi connectivity index (χ3v) is 4.14. The van der Waals surface area contributed by atoms with Crippen LogP contribution in [0.5, 0.6) is 0 Å². The van der Waals surface area contributed by atoms with Crippen LogP contribution in [0.4, 0.5) is 0 Å². The van der Waals surface area contributed by atoms with Crippen LogP contribution < -0.4 is 0 Å². The van der Waals surface area contributed by atoms with Gasteiger partial charge in [-0.3, -0.25) is 10.00 Å². The number of aromatic nitrogens is 2. The predicted octanol–water partition coefficient (Wildman–Crippen LogP) is 2.16. The summed E-state index contributed by atoms with van der Waals surface area (Å²) in [7, 11) is 0. The topological polar surface area (TPSA) is 52.1 Å². The number of aromatic amines is 1. The minimum atomic E-state index is -0.196. The number of nitrogens with one attached hydrogen (secondary N) is 1. The zero-order valence-electron chi connectivity index (χ0n) is 11.3. The summed E-state index contributed by atoms with van der Waals surface area (Å²) in [5.74, 6) is 0.421. The van der Waals surface area contributed by atoms with Crippen LogP contribution in [0.1, 0.15) is 25.3 Å². The molecule has 0 bridgehead atoms. The number of rotatable bonds is 3. The molecule has 2 aromatic rings. The summed E-state index contributed by atoms with van der Waals surface area (Å²) < 4.78 is 0. The summed E-state index contributed by atoms with van der Waals surface area (Å²) in [6.07, 6.45) is 3.98. The van der Waals surface area contributed by atoms with Crippen molar-refractivity contribution in [2.45, 2.75) is 32.4 Å². The lowest BCUT2D eigenvalue weighted by Gasteiger charge is -2.34. The zero-order chi connectivity index (χ0) is 13.2. The van der Waals surface area contributed by atoms with Crippen LogP contribution in [0.25, 0.3) is 10.9 Å². The summed E-state index contributed by atoms with van der Waals surface area (Å²) in [6, 6.07) is 6.46. The van der Waals surface area contributed by atoms with Gasteiger partial charge in [0.15, 0.2) is 0 Å². The second-order valence-electron chi connectivity index (χ2n) is 5.67. The van der Waals surface area contributed by atoms with Crippen LogP contribution in [0.15, 0.2) is 24.4 Å². The molecule has 2 N–H and O–H groups in total. The highest BCUT2D eigenvalue weighted by atomic mass is 16.3. The molecule has 1 aromatic carbocycles. The highest BCUT2D eigenvalue weighted by molar-refractivity contribution is 5.78. The molecule has 102 valence electrons. The average molecular weight is 259 g/mol. The third-order valence-electron chi connectivity index (χ3n) is 4.14. The summed E-state index contributed by atoms with van der Waals surface area (Å²) in [4.78, 5) is 2.44. The first kappa shape index (κ1) is 12.6. The second kappa shape index (κ2) is 5.31. The fourth-order valence-corrected chi connectivity index (χ4v) is 2.97. The lowest BCUT2D eigenvalue weighted by atomic mass is 9.93. The van der Waals surface area contributed by atoms with Gasteiger partial charge in [-0.15, -0.1) is 0 Å². The maximum Gasteiger partial charge on any atom is 0.0653 e. The maximum absolute atomic E-state index is 9.73. The summed E-state index contributed by atoms with van der Waals surface area (Å²) in [5.41, 5.74) is 2.41. The number of hydrogen-bond acceptors (Lipinski definition) is 3. The molecule has 1 aliphatic heterocycles. The summed E-state index contributed by atoms with van der Waals surface area (Å²) in [5, 5.41) is 18.0. The van der Waals surface area contributed by atoms with Crippen LogP contribution in [0.3, 0.4) is 0 Å². The number of nitrogens with zero attached hydrogens (tertiary/aromatic N) is 2. The summed E-state index contributed by atoms with van der Waals surface area (Å²) >= 11 is 0. The standard InChI is InChI=1S/C15H21N3O/c1-11(19)14-3-2-6-18(10-14)9-12-4-5-13-8-16-17-15(13)7-12/h4-5,7-8,11,14,19H,2-3,6,9-10H2,1H3,(H,16,17)/t11-,14-/m1/s1. The molecule has 1 fully saturated rings. The van der Waals surface area contributed by atoms with Crippen molar-refractivity contribution < 1.29 is 5.11 Å². The van der Waals surface area contributed by atoms with Gasteiger partial charge in [-0.05, 0) is 43.9 Å².